The lowest BCUT2D eigenvalue weighted by atomic mass is 10.2. The highest BCUT2D eigenvalue weighted by Gasteiger charge is 2.27. The Morgan fingerprint density at radius 1 is 1.22 bits per heavy atom. The third-order valence-electron chi connectivity index (χ3n) is 3.65. The Bertz CT molecular complexity index is 651. The Kier molecular flexibility index (Phi) is 6.15. The van der Waals surface area contributed by atoms with Crippen LogP contribution < -0.4 is 5.32 Å². The van der Waals surface area contributed by atoms with Crippen LogP contribution in [0, 0.1) is 0 Å². The van der Waals surface area contributed by atoms with Gasteiger partial charge in [0, 0.05) is 32.7 Å². The van der Waals surface area contributed by atoms with Crippen LogP contribution in [0.15, 0.2) is 42.5 Å². The minimum Gasteiger partial charge on any atom is -0.359 e. The number of hydrogen-bond acceptors (Lipinski definition) is 3. The van der Waals surface area contributed by atoms with E-state index < -0.39 is 10.0 Å². The van der Waals surface area contributed by atoms with E-state index in [1.807, 2.05) is 42.2 Å². The molecule has 0 aromatic heterocycles. The number of sulfonamides is 1. The van der Waals surface area contributed by atoms with Gasteiger partial charge in [-0.15, -0.1) is 0 Å². The maximum Gasteiger partial charge on any atom is 0.218 e. The fourth-order valence-corrected chi connectivity index (χ4v) is 4.15. The molecule has 1 N–H and O–H groups in total. The van der Waals surface area contributed by atoms with Gasteiger partial charge in [0.1, 0.15) is 0 Å². The highest BCUT2D eigenvalue weighted by atomic mass is 32.2. The number of piperazine rings is 1. The van der Waals surface area contributed by atoms with Crippen LogP contribution >= 0.6 is 12.2 Å². The smallest absolute Gasteiger partial charge is 0.218 e. The van der Waals surface area contributed by atoms with E-state index in [-0.39, 0.29) is 5.75 Å². The van der Waals surface area contributed by atoms with Crippen LogP contribution in [-0.4, -0.2) is 55.5 Å². The minimum atomic E-state index is -3.28. The summed E-state index contributed by atoms with van der Waals surface area (Å²) < 4.78 is 26.5. The first-order chi connectivity index (χ1) is 10.9. The van der Waals surface area contributed by atoms with Crippen LogP contribution in [0.4, 0.5) is 0 Å². The second-order valence-corrected chi connectivity index (χ2v) is 8.10. The molecule has 23 heavy (non-hydrogen) atoms. The highest BCUT2D eigenvalue weighted by molar-refractivity contribution is 7.88. The molecule has 0 radical (unpaired) electrons. The minimum absolute atomic E-state index is 0.0478. The van der Waals surface area contributed by atoms with E-state index in [2.05, 4.69) is 11.9 Å². The Balaban J connectivity index is 1.88. The van der Waals surface area contributed by atoms with Gasteiger partial charge in [-0.05, 0) is 24.7 Å². The molecule has 1 aliphatic rings. The number of nitrogens with zero attached hydrogens (tertiary/aromatic N) is 2. The fraction of sp³-hybridized carbons (Fsp3) is 0.438. The molecule has 0 unspecified atom stereocenters. The molecule has 1 aromatic carbocycles. The molecule has 0 saturated carbocycles. The van der Waals surface area contributed by atoms with Crippen molar-refractivity contribution >= 4 is 27.4 Å². The first-order valence-electron chi connectivity index (χ1n) is 7.57. The molecule has 1 heterocycles. The largest absolute Gasteiger partial charge is 0.359 e. The van der Waals surface area contributed by atoms with Crippen molar-refractivity contribution < 1.29 is 8.42 Å². The monoisotopic (exact) mass is 353 g/mol. The lowest BCUT2D eigenvalue weighted by molar-refractivity contribution is 0.264. The molecule has 1 saturated heterocycles. The average Bonchev–Trinajstić information content (AvgIpc) is 2.53. The number of thiocarbonyl (C=S) groups is 1. The van der Waals surface area contributed by atoms with Gasteiger partial charge in [-0.3, -0.25) is 0 Å². The molecule has 0 aliphatic carbocycles. The summed E-state index contributed by atoms with van der Waals surface area (Å²) in [6, 6.07) is 9.27. The van der Waals surface area contributed by atoms with E-state index >= 15 is 0 Å². The van der Waals surface area contributed by atoms with Crippen LogP contribution in [-0.2, 0) is 15.8 Å². The summed E-state index contributed by atoms with van der Waals surface area (Å²) in [7, 11) is -3.28. The van der Waals surface area contributed by atoms with E-state index in [9.17, 15) is 8.42 Å². The van der Waals surface area contributed by atoms with E-state index in [4.69, 9.17) is 12.2 Å². The van der Waals surface area contributed by atoms with Crippen molar-refractivity contribution in [1.82, 2.24) is 14.5 Å². The maximum absolute atomic E-state index is 12.5. The van der Waals surface area contributed by atoms with Crippen LogP contribution in [0.2, 0.25) is 0 Å². The molecule has 0 bridgehead atoms. The van der Waals surface area contributed by atoms with Crippen molar-refractivity contribution in [2.75, 3.05) is 32.7 Å². The zero-order valence-corrected chi connectivity index (χ0v) is 15.0. The maximum atomic E-state index is 12.5. The SMILES string of the molecule is C=C(C)CNC(=S)N1CCN(S(=O)(=O)Cc2ccccc2)CC1. The molecular weight excluding hydrogens is 330 g/mol. The summed E-state index contributed by atoms with van der Waals surface area (Å²) in [6.45, 7) is 8.55. The molecule has 1 aromatic rings. The van der Waals surface area contributed by atoms with Gasteiger partial charge in [0.2, 0.25) is 10.0 Å². The Hall–Kier alpha value is -1.44. The Labute approximate surface area is 144 Å². The Morgan fingerprint density at radius 3 is 2.39 bits per heavy atom. The molecule has 1 aliphatic heterocycles. The molecule has 0 atom stereocenters. The Morgan fingerprint density at radius 2 is 1.83 bits per heavy atom. The van der Waals surface area contributed by atoms with Crippen molar-refractivity contribution in [2.45, 2.75) is 12.7 Å². The van der Waals surface area contributed by atoms with Gasteiger partial charge >= 0.3 is 0 Å². The molecular formula is C16H23N3O2S2. The summed E-state index contributed by atoms with van der Waals surface area (Å²) in [5, 5.41) is 3.80. The van der Waals surface area contributed by atoms with Crippen LogP contribution in [0.1, 0.15) is 12.5 Å². The van der Waals surface area contributed by atoms with E-state index in [0.29, 0.717) is 37.8 Å². The molecule has 0 spiro atoms. The van der Waals surface area contributed by atoms with Crippen molar-refractivity contribution in [3.05, 3.63) is 48.0 Å². The van der Waals surface area contributed by atoms with Gasteiger partial charge in [0.05, 0.1) is 5.75 Å². The molecule has 0 amide bonds. The van der Waals surface area contributed by atoms with Gasteiger partial charge in [-0.2, -0.15) is 4.31 Å². The summed E-state index contributed by atoms with van der Waals surface area (Å²) in [6.07, 6.45) is 0. The second-order valence-electron chi connectivity index (χ2n) is 5.74. The highest BCUT2D eigenvalue weighted by Crippen LogP contribution is 2.13. The molecule has 7 heteroatoms. The number of rotatable bonds is 5. The van der Waals surface area contributed by atoms with Gasteiger partial charge < -0.3 is 10.2 Å². The van der Waals surface area contributed by atoms with Crippen LogP contribution in [0.25, 0.3) is 0 Å². The number of nitrogens with one attached hydrogen (secondary N) is 1. The van der Waals surface area contributed by atoms with Crippen LogP contribution in [0.3, 0.4) is 0 Å². The summed E-state index contributed by atoms with van der Waals surface area (Å²) in [4.78, 5) is 2.01. The van der Waals surface area contributed by atoms with E-state index in [0.717, 1.165) is 11.1 Å². The zero-order valence-electron chi connectivity index (χ0n) is 13.4. The first kappa shape index (κ1) is 17.9. The first-order valence-corrected chi connectivity index (χ1v) is 9.59. The topological polar surface area (TPSA) is 52.6 Å². The van der Waals surface area contributed by atoms with E-state index in [1.165, 1.54) is 0 Å². The van der Waals surface area contributed by atoms with Gasteiger partial charge in [-0.25, -0.2) is 8.42 Å². The normalized spacial score (nSPS) is 16.1. The lowest BCUT2D eigenvalue weighted by Crippen LogP contribution is -2.53. The van der Waals surface area contributed by atoms with Crippen molar-refractivity contribution in [3.8, 4) is 0 Å². The third kappa shape index (κ3) is 5.30. The summed E-state index contributed by atoms with van der Waals surface area (Å²) in [5.41, 5.74) is 1.82. The zero-order chi connectivity index (χ0) is 16.9. The van der Waals surface area contributed by atoms with Crippen molar-refractivity contribution in [2.24, 2.45) is 0 Å². The quantitative estimate of drug-likeness (QED) is 0.643. The van der Waals surface area contributed by atoms with Crippen LogP contribution in [0.5, 0.6) is 0 Å². The molecule has 1 fully saturated rings. The van der Waals surface area contributed by atoms with E-state index in [1.54, 1.807) is 4.31 Å². The average molecular weight is 354 g/mol. The third-order valence-corrected chi connectivity index (χ3v) is 5.91. The predicted molar refractivity (Wildman–Crippen MR) is 97.6 cm³/mol. The molecule has 5 nitrogen and oxygen atoms in total. The molecule has 2 rings (SSSR count). The van der Waals surface area contributed by atoms with Crippen molar-refractivity contribution in [3.63, 3.8) is 0 Å². The predicted octanol–water partition coefficient (Wildman–Crippen LogP) is 1.58. The second kappa shape index (κ2) is 7.90. The van der Waals surface area contributed by atoms with Gasteiger partial charge in [-0.1, -0.05) is 42.5 Å². The number of hydrogen-bond donors (Lipinski definition) is 1. The molecule has 126 valence electrons. The fourth-order valence-electron chi connectivity index (χ4n) is 2.38. The lowest BCUT2D eigenvalue weighted by Gasteiger charge is -2.35. The summed E-state index contributed by atoms with van der Waals surface area (Å²) >= 11 is 5.34. The number of benzene rings is 1. The van der Waals surface area contributed by atoms with Gasteiger partial charge in [0.25, 0.3) is 0 Å². The standard InChI is InChI=1S/C16H23N3O2S2/c1-14(2)12-17-16(22)18-8-10-19(11-9-18)23(20,21)13-15-6-4-3-5-7-15/h3-7H,1,8-13H2,2H3,(H,17,22). The summed E-state index contributed by atoms with van der Waals surface area (Å²) in [5.74, 6) is 0.0478. The van der Waals surface area contributed by atoms with Gasteiger partial charge in [0.15, 0.2) is 5.11 Å². The van der Waals surface area contributed by atoms with Crippen molar-refractivity contribution in [1.29, 1.82) is 0 Å².